The SMILES string of the molecule is CCCCCc1cccc(-c2cc(F)c(-c3ccccc3)cc2F)c1CCCCC. The molecular weight excluding hydrogens is 374 g/mol. The van der Waals surface area contributed by atoms with E-state index in [2.05, 4.69) is 19.9 Å². The van der Waals surface area contributed by atoms with E-state index in [0.717, 1.165) is 44.1 Å². The van der Waals surface area contributed by atoms with Gasteiger partial charge in [0.2, 0.25) is 0 Å². The van der Waals surface area contributed by atoms with Gasteiger partial charge in [-0.25, -0.2) is 8.78 Å². The summed E-state index contributed by atoms with van der Waals surface area (Å²) in [7, 11) is 0. The second-order valence-corrected chi connectivity index (χ2v) is 8.04. The Kier molecular flexibility index (Phi) is 8.19. The fourth-order valence-electron chi connectivity index (χ4n) is 4.13. The summed E-state index contributed by atoms with van der Waals surface area (Å²) in [5.41, 5.74) is 4.68. The van der Waals surface area contributed by atoms with E-state index in [9.17, 15) is 0 Å². The van der Waals surface area contributed by atoms with Gasteiger partial charge in [-0.1, -0.05) is 88.1 Å². The van der Waals surface area contributed by atoms with Gasteiger partial charge in [0.25, 0.3) is 0 Å². The Morgan fingerprint density at radius 2 is 1.23 bits per heavy atom. The smallest absolute Gasteiger partial charge is 0.131 e. The van der Waals surface area contributed by atoms with Crippen molar-refractivity contribution in [3.63, 3.8) is 0 Å². The Morgan fingerprint density at radius 1 is 0.600 bits per heavy atom. The molecule has 0 saturated carbocycles. The van der Waals surface area contributed by atoms with E-state index in [1.807, 2.05) is 42.5 Å². The quantitative estimate of drug-likeness (QED) is 0.295. The minimum atomic E-state index is -0.381. The van der Waals surface area contributed by atoms with E-state index in [0.29, 0.717) is 16.7 Å². The highest BCUT2D eigenvalue weighted by molar-refractivity contribution is 5.74. The highest BCUT2D eigenvalue weighted by Gasteiger charge is 2.17. The van der Waals surface area contributed by atoms with Gasteiger partial charge in [-0.05, 0) is 60.1 Å². The molecule has 0 bridgehead atoms. The molecule has 3 rings (SSSR count). The lowest BCUT2D eigenvalue weighted by Gasteiger charge is -2.17. The molecule has 0 fully saturated rings. The maximum absolute atomic E-state index is 15.2. The summed E-state index contributed by atoms with van der Waals surface area (Å²) in [5.74, 6) is -0.744. The molecular formula is C28H32F2. The maximum Gasteiger partial charge on any atom is 0.131 e. The van der Waals surface area contributed by atoms with Crippen molar-refractivity contribution in [3.05, 3.63) is 83.4 Å². The molecule has 0 unspecified atom stereocenters. The monoisotopic (exact) mass is 406 g/mol. The molecule has 0 aliphatic rings. The highest BCUT2D eigenvalue weighted by Crippen LogP contribution is 2.34. The van der Waals surface area contributed by atoms with Gasteiger partial charge in [0.1, 0.15) is 11.6 Å². The molecule has 0 saturated heterocycles. The number of rotatable bonds is 10. The summed E-state index contributed by atoms with van der Waals surface area (Å²) in [4.78, 5) is 0. The lowest BCUT2D eigenvalue weighted by Crippen LogP contribution is -2.01. The summed E-state index contributed by atoms with van der Waals surface area (Å²) in [5, 5.41) is 0. The molecule has 0 aromatic heterocycles. The number of benzene rings is 3. The van der Waals surface area contributed by atoms with Crippen LogP contribution in [0.5, 0.6) is 0 Å². The van der Waals surface area contributed by atoms with E-state index in [4.69, 9.17) is 0 Å². The molecule has 0 N–H and O–H groups in total. The second-order valence-electron chi connectivity index (χ2n) is 8.04. The lowest BCUT2D eigenvalue weighted by atomic mass is 9.88. The molecule has 3 aromatic carbocycles. The summed E-state index contributed by atoms with van der Waals surface area (Å²) in [6.45, 7) is 4.39. The fraction of sp³-hybridized carbons (Fsp3) is 0.357. The Hall–Kier alpha value is -2.48. The molecule has 0 amide bonds. The lowest BCUT2D eigenvalue weighted by molar-refractivity contribution is 0.606. The van der Waals surface area contributed by atoms with Crippen LogP contribution >= 0.6 is 0 Å². The number of aryl methyl sites for hydroxylation is 1. The first kappa shape index (κ1) is 22.2. The van der Waals surface area contributed by atoms with Crippen LogP contribution < -0.4 is 0 Å². The van der Waals surface area contributed by atoms with Gasteiger partial charge in [-0.3, -0.25) is 0 Å². The first-order chi connectivity index (χ1) is 14.7. The van der Waals surface area contributed by atoms with Crippen molar-refractivity contribution < 1.29 is 8.78 Å². The largest absolute Gasteiger partial charge is 0.206 e. The van der Waals surface area contributed by atoms with Crippen LogP contribution in [0.1, 0.15) is 63.5 Å². The molecule has 0 radical (unpaired) electrons. The van der Waals surface area contributed by atoms with Gasteiger partial charge >= 0.3 is 0 Å². The van der Waals surface area contributed by atoms with Crippen molar-refractivity contribution in [2.45, 2.75) is 65.2 Å². The van der Waals surface area contributed by atoms with Crippen molar-refractivity contribution in [1.82, 2.24) is 0 Å². The predicted octanol–water partition coefficient (Wildman–Crippen LogP) is 8.76. The average molecular weight is 407 g/mol. The highest BCUT2D eigenvalue weighted by atomic mass is 19.1. The van der Waals surface area contributed by atoms with E-state index in [-0.39, 0.29) is 11.6 Å². The van der Waals surface area contributed by atoms with Crippen molar-refractivity contribution >= 4 is 0 Å². The standard InChI is InChI=1S/C28H32F2/c1-3-5-8-13-21-16-12-18-24(23(21)17-9-6-4-2)26-20-27(29)25(19-28(26)30)22-14-10-7-11-15-22/h7,10-12,14-16,18-20H,3-6,8-9,13,17H2,1-2H3. The van der Waals surface area contributed by atoms with Crippen LogP contribution in [0.4, 0.5) is 8.78 Å². The number of hydrogen-bond acceptors (Lipinski definition) is 0. The molecule has 30 heavy (non-hydrogen) atoms. The van der Waals surface area contributed by atoms with Crippen molar-refractivity contribution in [3.8, 4) is 22.3 Å². The van der Waals surface area contributed by atoms with Gasteiger partial charge < -0.3 is 0 Å². The second kappa shape index (κ2) is 11.1. The first-order valence-electron chi connectivity index (χ1n) is 11.3. The Labute approximate surface area is 180 Å². The molecule has 0 aliphatic carbocycles. The van der Waals surface area contributed by atoms with Crippen molar-refractivity contribution in [2.75, 3.05) is 0 Å². The van der Waals surface area contributed by atoms with Crippen LogP contribution in [-0.4, -0.2) is 0 Å². The fourth-order valence-corrected chi connectivity index (χ4v) is 4.13. The first-order valence-corrected chi connectivity index (χ1v) is 11.3. The number of halogens is 2. The summed E-state index contributed by atoms with van der Waals surface area (Å²) >= 11 is 0. The zero-order valence-corrected chi connectivity index (χ0v) is 18.2. The van der Waals surface area contributed by atoms with Crippen LogP contribution in [0.25, 0.3) is 22.3 Å². The van der Waals surface area contributed by atoms with Gasteiger partial charge in [0.05, 0.1) is 0 Å². The molecule has 0 heterocycles. The third-order valence-electron chi connectivity index (χ3n) is 5.78. The molecule has 0 atom stereocenters. The van der Waals surface area contributed by atoms with E-state index in [1.165, 1.54) is 36.1 Å². The molecule has 3 aromatic rings. The van der Waals surface area contributed by atoms with Gasteiger partial charge in [0, 0.05) is 11.1 Å². The van der Waals surface area contributed by atoms with Gasteiger partial charge in [-0.2, -0.15) is 0 Å². The van der Waals surface area contributed by atoms with Crippen LogP contribution in [0.3, 0.4) is 0 Å². The normalized spacial score (nSPS) is 11.1. The number of unbranched alkanes of at least 4 members (excludes halogenated alkanes) is 4. The molecule has 0 spiro atoms. The predicted molar refractivity (Wildman–Crippen MR) is 124 cm³/mol. The van der Waals surface area contributed by atoms with Crippen LogP contribution in [0.15, 0.2) is 60.7 Å². The Bertz CT molecular complexity index is 944. The van der Waals surface area contributed by atoms with E-state index < -0.39 is 0 Å². The minimum Gasteiger partial charge on any atom is -0.206 e. The summed E-state index contributed by atoms with van der Waals surface area (Å²) in [6, 6.07) is 18.0. The molecule has 158 valence electrons. The zero-order chi connectivity index (χ0) is 21.3. The summed E-state index contributed by atoms with van der Waals surface area (Å²) < 4.78 is 30.3. The van der Waals surface area contributed by atoms with Crippen molar-refractivity contribution in [2.24, 2.45) is 0 Å². The topological polar surface area (TPSA) is 0 Å². The van der Waals surface area contributed by atoms with Crippen LogP contribution in [0, 0.1) is 11.6 Å². The molecule has 0 nitrogen and oxygen atoms in total. The summed E-state index contributed by atoms with van der Waals surface area (Å²) in [6.07, 6.45) is 8.75. The van der Waals surface area contributed by atoms with Crippen LogP contribution in [-0.2, 0) is 12.8 Å². The molecule has 2 heteroatoms. The van der Waals surface area contributed by atoms with E-state index >= 15 is 8.78 Å². The van der Waals surface area contributed by atoms with Gasteiger partial charge in [-0.15, -0.1) is 0 Å². The van der Waals surface area contributed by atoms with Gasteiger partial charge in [0.15, 0.2) is 0 Å². The Balaban J connectivity index is 2.03. The van der Waals surface area contributed by atoms with Crippen LogP contribution in [0.2, 0.25) is 0 Å². The average Bonchev–Trinajstić information content (AvgIpc) is 2.77. The third kappa shape index (κ3) is 5.36. The number of hydrogen-bond donors (Lipinski definition) is 0. The molecule has 0 aliphatic heterocycles. The van der Waals surface area contributed by atoms with Crippen molar-refractivity contribution in [1.29, 1.82) is 0 Å². The maximum atomic E-state index is 15.2. The van der Waals surface area contributed by atoms with E-state index in [1.54, 1.807) is 0 Å². The third-order valence-corrected chi connectivity index (χ3v) is 5.78. The Morgan fingerprint density at radius 3 is 1.93 bits per heavy atom. The minimum absolute atomic E-state index is 0.309. The zero-order valence-electron chi connectivity index (χ0n) is 18.2.